The van der Waals surface area contributed by atoms with Crippen LogP contribution < -0.4 is 10.2 Å². The van der Waals surface area contributed by atoms with Gasteiger partial charge in [0.2, 0.25) is 11.8 Å². The van der Waals surface area contributed by atoms with Gasteiger partial charge in [0.25, 0.3) is 5.91 Å². The van der Waals surface area contributed by atoms with E-state index >= 15 is 0 Å². The first-order valence-corrected chi connectivity index (χ1v) is 11.4. The lowest BCUT2D eigenvalue weighted by atomic mass is 9.81. The molecule has 2 aliphatic carbocycles. The molecule has 3 aliphatic rings. The van der Waals surface area contributed by atoms with Crippen LogP contribution >= 0.6 is 31.9 Å². The van der Waals surface area contributed by atoms with E-state index in [2.05, 4.69) is 37.2 Å². The van der Waals surface area contributed by atoms with Crippen molar-refractivity contribution in [2.75, 3.05) is 10.2 Å². The highest BCUT2D eigenvalue weighted by atomic mass is 79.9. The number of nitrogens with zero attached hydrogens (tertiary/aromatic N) is 1. The van der Waals surface area contributed by atoms with Crippen molar-refractivity contribution in [1.29, 1.82) is 0 Å². The highest BCUT2D eigenvalue weighted by Crippen LogP contribution is 2.60. The van der Waals surface area contributed by atoms with E-state index in [1.54, 1.807) is 24.3 Å². The number of halogens is 2. The summed E-state index contributed by atoms with van der Waals surface area (Å²) in [5, 5.41) is 2.83. The molecule has 1 N–H and O–H groups in total. The SMILES string of the molecule is O=C(Nc1ccccc1)c1ccc(N2C(=O)[C@@H]3[C@H]4C[C@@H]([C@@H](Br)[C@H]4Br)[C@H]3C2=O)cc1. The van der Waals surface area contributed by atoms with Crippen LogP contribution in [0, 0.1) is 23.7 Å². The van der Waals surface area contributed by atoms with Crippen molar-refractivity contribution in [3.63, 3.8) is 0 Å². The number of hydrogen-bond acceptors (Lipinski definition) is 3. The Labute approximate surface area is 185 Å². The van der Waals surface area contributed by atoms with E-state index in [-0.39, 0.29) is 51.0 Å². The lowest BCUT2D eigenvalue weighted by Gasteiger charge is -2.28. The van der Waals surface area contributed by atoms with Gasteiger partial charge in [-0.1, -0.05) is 50.1 Å². The molecule has 2 aromatic rings. The Balaban J connectivity index is 1.36. The van der Waals surface area contributed by atoms with E-state index in [1.165, 1.54) is 4.90 Å². The molecule has 2 saturated carbocycles. The number of anilines is 2. The lowest BCUT2D eigenvalue weighted by Crippen LogP contribution is -2.37. The summed E-state index contributed by atoms with van der Waals surface area (Å²) < 4.78 is 0. The molecule has 0 spiro atoms. The predicted octanol–water partition coefficient (Wildman–Crippen LogP) is 4.22. The normalized spacial score (nSPS) is 32.6. The van der Waals surface area contributed by atoms with Gasteiger partial charge in [0.15, 0.2) is 0 Å². The van der Waals surface area contributed by atoms with Crippen molar-refractivity contribution in [3.05, 3.63) is 60.2 Å². The summed E-state index contributed by atoms with van der Waals surface area (Å²) in [6.07, 6.45) is 0.908. The van der Waals surface area contributed by atoms with Gasteiger partial charge in [-0.3, -0.25) is 19.3 Å². The van der Waals surface area contributed by atoms with Crippen LogP contribution in [0.1, 0.15) is 16.8 Å². The fourth-order valence-electron chi connectivity index (χ4n) is 5.09. The van der Waals surface area contributed by atoms with Gasteiger partial charge in [0, 0.05) is 20.9 Å². The molecule has 2 aromatic carbocycles. The van der Waals surface area contributed by atoms with Gasteiger partial charge in [-0.05, 0) is 54.7 Å². The predicted molar refractivity (Wildman–Crippen MR) is 117 cm³/mol. The van der Waals surface area contributed by atoms with Crippen LogP contribution in [-0.2, 0) is 9.59 Å². The highest BCUT2D eigenvalue weighted by Gasteiger charge is 2.66. The second kappa shape index (κ2) is 7.06. The number of imide groups is 1. The first-order chi connectivity index (χ1) is 14.0. The van der Waals surface area contributed by atoms with Crippen LogP contribution in [0.5, 0.6) is 0 Å². The monoisotopic (exact) mass is 516 g/mol. The Bertz CT molecular complexity index is 963. The summed E-state index contributed by atoms with van der Waals surface area (Å²) >= 11 is 7.40. The average molecular weight is 518 g/mol. The average Bonchev–Trinajstić information content (AvgIpc) is 3.34. The van der Waals surface area contributed by atoms with E-state index in [1.807, 2.05) is 30.3 Å². The molecule has 5 rings (SSSR count). The largest absolute Gasteiger partial charge is 0.322 e. The second-order valence-electron chi connectivity index (χ2n) is 7.88. The zero-order valence-electron chi connectivity index (χ0n) is 15.3. The van der Waals surface area contributed by atoms with Gasteiger partial charge < -0.3 is 5.32 Å². The van der Waals surface area contributed by atoms with E-state index < -0.39 is 0 Å². The maximum Gasteiger partial charge on any atom is 0.255 e. The molecule has 1 aliphatic heterocycles. The third-order valence-electron chi connectivity index (χ3n) is 6.41. The van der Waals surface area contributed by atoms with E-state index in [4.69, 9.17) is 0 Å². The smallest absolute Gasteiger partial charge is 0.255 e. The second-order valence-corrected chi connectivity index (χ2v) is 10.00. The summed E-state index contributed by atoms with van der Waals surface area (Å²) in [6, 6.07) is 15.9. The van der Waals surface area contributed by atoms with Crippen LogP contribution in [-0.4, -0.2) is 27.4 Å². The van der Waals surface area contributed by atoms with Crippen molar-refractivity contribution in [2.24, 2.45) is 23.7 Å². The summed E-state index contributed by atoms with van der Waals surface area (Å²) in [6.45, 7) is 0. The molecular formula is C22H18Br2N2O3. The van der Waals surface area contributed by atoms with Gasteiger partial charge in [0.1, 0.15) is 0 Å². The molecule has 0 unspecified atom stereocenters. The van der Waals surface area contributed by atoms with Crippen LogP contribution in [0.25, 0.3) is 0 Å². The van der Waals surface area contributed by atoms with Crippen LogP contribution in [0.3, 0.4) is 0 Å². The Kier molecular flexibility index (Phi) is 4.62. The van der Waals surface area contributed by atoms with E-state index in [0.29, 0.717) is 16.9 Å². The maximum absolute atomic E-state index is 13.1. The topological polar surface area (TPSA) is 66.5 Å². The zero-order chi connectivity index (χ0) is 20.3. The zero-order valence-corrected chi connectivity index (χ0v) is 18.5. The summed E-state index contributed by atoms with van der Waals surface area (Å²) in [5.41, 5.74) is 1.71. The number of amides is 3. The van der Waals surface area contributed by atoms with Gasteiger partial charge in [-0.25, -0.2) is 0 Å². The number of nitrogens with one attached hydrogen (secondary N) is 1. The minimum absolute atomic E-state index is 0.113. The van der Waals surface area contributed by atoms with E-state index in [0.717, 1.165) is 6.42 Å². The van der Waals surface area contributed by atoms with Crippen molar-refractivity contribution in [3.8, 4) is 0 Å². The molecule has 2 bridgehead atoms. The van der Waals surface area contributed by atoms with Gasteiger partial charge in [-0.2, -0.15) is 0 Å². The number of hydrogen-bond donors (Lipinski definition) is 1. The highest BCUT2D eigenvalue weighted by molar-refractivity contribution is 9.12. The number of benzene rings is 2. The third-order valence-corrected chi connectivity index (χ3v) is 9.61. The molecule has 1 heterocycles. The number of carbonyl (C=O) groups excluding carboxylic acids is 3. The fourth-order valence-corrected chi connectivity index (χ4v) is 6.96. The Morgan fingerprint density at radius 3 is 1.97 bits per heavy atom. The molecule has 0 radical (unpaired) electrons. The molecule has 29 heavy (non-hydrogen) atoms. The number of para-hydroxylation sites is 1. The molecule has 5 nitrogen and oxygen atoms in total. The third kappa shape index (κ3) is 2.89. The molecule has 3 fully saturated rings. The molecule has 7 heteroatoms. The van der Waals surface area contributed by atoms with Gasteiger partial charge >= 0.3 is 0 Å². The Morgan fingerprint density at radius 2 is 1.41 bits per heavy atom. The first kappa shape index (κ1) is 19.0. The number of alkyl halides is 2. The Morgan fingerprint density at radius 1 is 0.862 bits per heavy atom. The molecule has 1 saturated heterocycles. The first-order valence-electron chi connectivity index (χ1n) is 9.60. The summed E-state index contributed by atoms with van der Waals surface area (Å²) in [5.74, 6) is -0.575. The van der Waals surface area contributed by atoms with Crippen molar-refractivity contribution < 1.29 is 14.4 Å². The molecule has 148 valence electrons. The molecule has 0 aromatic heterocycles. The summed E-state index contributed by atoms with van der Waals surface area (Å²) in [7, 11) is 0. The lowest BCUT2D eigenvalue weighted by molar-refractivity contribution is -0.123. The van der Waals surface area contributed by atoms with Gasteiger partial charge in [-0.15, -0.1) is 0 Å². The van der Waals surface area contributed by atoms with E-state index in [9.17, 15) is 14.4 Å². The standard InChI is InChI=1S/C22H18Br2N2O3/c23-18-14-10-15(19(18)24)17-16(14)21(28)26(22(17)29)13-8-6-11(7-9-13)20(27)25-12-4-2-1-3-5-12/h1-9,14-19H,10H2,(H,25,27)/t14-,15-,16-,17-,18-,19+/m1/s1. The number of rotatable bonds is 3. The van der Waals surface area contributed by atoms with Crippen molar-refractivity contribution >= 4 is 61.0 Å². The molecule has 3 amide bonds. The van der Waals surface area contributed by atoms with Crippen molar-refractivity contribution in [1.82, 2.24) is 0 Å². The molecule has 6 atom stereocenters. The fraction of sp³-hybridized carbons (Fsp3) is 0.318. The van der Waals surface area contributed by atoms with Crippen molar-refractivity contribution in [2.45, 2.75) is 16.1 Å². The number of fused-ring (bicyclic) bond motifs is 5. The quantitative estimate of drug-likeness (QED) is 0.489. The Hall–Kier alpha value is -1.99. The minimum Gasteiger partial charge on any atom is -0.322 e. The number of carbonyl (C=O) groups is 3. The van der Waals surface area contributed by atoms with Crippen LogP contribution in [0.2, 0.25) is 0 Å². The summed E-state index contributed by atoms with van der Waals surface area (Å²) in [4.78, 5) is 40.4. The maximum atomic E-state index is 13.1. The molecular weight excluding hydrogens is 500 g/mol. The van der Waals surface area contributed by atoms with Crippen LogP contribution in [0.15, 0.2) is 54.6 Å². The van der Waals surface area contributed by atoms with Crippen LogP contribution in [0.4, 0.5) is 11.4 Å². The van der Waals surface area contributed by atoms with Gasteiger partial charge in [0.05, 0.1) is 17.5 Å². The minimum atomic E-state index is -0.244.